The molecule has 0 unspecified atom stereocenters. The third-order valence-electron chi connectivity index (χ3n) is 1.92. The molecule has 0 aromatic heterocycles. The zero-order valence-corrected chi connectivity index (χ0v) is 8.66. The van der Waals surface area contributed by atoms with Crippen LogP contribution in [0.25, 0.3) is 0 Å². The van der Waals surface area contributed by atoms with Crippen molar-refractivity contribution in [2.75, 3.05) is 14.2 Å². The molecule has 0 heterocycles. The van der Waals surface area contributed by atoms with Crippen LogP contribution in [0.4, 0.5) is 0 Å². The van der Waals surface area contributed by atoms with Crippen molar-refractivity contribution in [1.29, 1.82) is 0 Å². The van der Waals surface area contributed by atoms with Gasteiger partial charge >= 0.3 is 0 Å². The molecular weight excluding hydrogens is 180 g/mol. The molecule has 14 heavy (non-hydrogen) atoms. The van der Waals surface area contributed by atoms with E-state index in [1.165, 1.54) is 6.92 Å². The summed E-state index contributed by atoms with van der Waals surface area (Å²) in [5, 5.41) is 0. The van der Waals surface area contributed by atoms with Crippen molar-refractivity contribution in [1.82, 2.24) is 0 Å². The van der Waals surface area contributed by atoms with Crippen LogP contribution in [0.2, 0.25) is 0 Å². The Morgan fingerprint density at radius 1 is 1.29 bits per heavy atom. The number of hydrogen-bond acceptors (Lipinski definition) is 3. The van der Waals surface area contributed by atoms with Crippen LogP contribution in [0, 0.1) is 0 Å². The van der Waals surface area contributed by atoms with Gasteiger partial charge in [0.15, 0.2) is 5.78 Å². The van der Waals surface area contributed by atoms with Gasteiger partial charge in [-0.3, -0.25) is 4.79 Å². The molecular formula is C11H14O3. The van der Waals surface area contributed by atoms with Crippen LogP contribution in [0.1, 0.15) is 22.8 Å². The number of carbonyl (C=O) groups excluding carboxylic acids is 1. The van der Waals surface area contributed by atoms with Crippen molar-refractivity contribution < 1.29 is 14.3 Å². The predicted molar refractivity (Wildman–Crippen MR) is 53.7 cm³/mol. The minimum atomic E-state index is 0.0289. The number of carbonyl (C=O) groups is 1. The fourth-order valence-electron chi connectivity index (χ4n) is 1.23. The molecule has 0 fully saturated rings. The molecule has 3 nitrogen and oxygen atoms in total. The SMILES string of the molecule is COCc1cc(OC)cc(C(C)=O)c1. The van der Waals surface area contributed by atoms with E-state index in [9.17, 15) is 4.79 Å². The highest BCUT2D eigenvalue weighted by atomic mass is 16.5. The first kappa shape index (κ1) is 10.7. The van der Waals surface area contributed by atoms with Gasteiger partial charge in [-0.2, -0.15) is 0 Å². The molecule has 0 N–H and O–H groups in total. The third kappa shape index (κ3) is 2.57. The van der Waals surface area contributed by atoms with Gasteiger partial charge in [0.1, 0.15) is 5.75 Å². The molecule has 0 saturated heterocycles. The number of Topliss-reactive ketones (excluding diaryl/α,β-unsaturated/α-hetero) is 1. The minimum absolute atomic E-state index is 0.0289. The third-order valence-corrected chi connectivity index (χ3v) is 1.92. The summed E-state index contributed by atoms with van der Waals surface area (Å²) >= 11 is 0. The maximum absolute atomic E-state index is 11.2. The molecule has 76 valence electrons. The van der Waals surface area contributed by atoms with Gasteiger partial charge in [0.2, 0.25) is 0 Å². The van der Waals surface area contributed by atoms with Gasteiger partial charge in [-0.05, 0) is 30.7 Å². The molecule has 0 atom stereocenters. The molecule has 0 radical (unpaired) electrons. The van der Waals surface area contributed by atoms with E-state index in [0.29, 0.717) is 17.9 Å². The van der Waals surface area contributed by atoms with Gasteiger partial charge in [0, 0.05) is 12.7 Å². The Labute approximate surface area is 83.6 Å². The molecule has 0 bridgehead atoms. The molecule has 1 aromatic carbocycles. The molecule has 0 saturated carbocycles. The predicted octanol–water partition coefficient (Wildman–Crippen LogP) is 2.04. The van der Waals surface area contributed by atoms with Gasteiger partial charge in [-0.15, -0.1) is 0 Å². The lowest BCUT2D eigenvalue weighted by atomic mass is 10.1. The van der Waals surface area contributed by atoms with Crippen LogP contribution in [-0.4, -0.2) is 20.0 Å². The van der Waals surface area contributed by atoms with Crippen LogP contribution in [0.5, 0.6) is 5.75 Å². The largest absolute Gasteiger partial charge is 0.497 e. The second kappa shape index (κ2) is 4.77. The first-order valence-corrected chi connectivity index (χ1v) is 4.35. The summed E-state index contributed by atoms with van der Waals surface area (Å²) in [6.07, 6.45) is 0. The van der Waals surface area contributed by atoms with E-state index in [-0.39, 0.29) is 5.78 Å². The van der Waals surface area contributed by atoms with Crippen LogP contribution in [-0.2, 0) is 11.3 Å². The topological polar surface area (TPSA) is 35.5 Å². The van der Waals surface area contributed by atoms with Crippen molar-refractivity contribution in [2.45, 2.75) is 13.5 Å². The zero-order valence-electron chi connectivity index (χ0n) is 8.66. The van der Waals surface area contributed by atoms with E-state index >= 15 is 0 Å². The van der Waals surface area contributed by atoms with Gasteiger partial charge in [0.05, 0.1) is 13.7 Å². The maximum Gasteiger partial charge on any atom is 0.159 e. The fraction of sp³-hybridized carbons (Fsp3) is 0.364. The highest BCUT2D eigenvalue weighted by molar-refractivity contribution is 5.94. The Morgan fingerprint density at radius 2 is 2.00 bits per heavy atom. The summed E-state index contributed by atoms with van der Waals surface area (Å²) in [6.45, 7) is 2.02. The van der Waals surface area contributed by atoms with Gasteiger partial charge in [-0.1, -0.05) is 0 Å². The smallest absolute Gasteiger partial charge is 0.159 e. The number of methoxy groups -OCH3 is 2. The minimum Gasteiger partial charge on any atom is -0.497 e. The molecule has 0 amide bonds. The van der Waals surface area contributed by atoms with Gasteiger partial charge in [0.25, 0.3) is 0 Å². The number of ketones is 1. The van der Waals surface area contributed by atoms with Crippen molar-refractivity contribution in [3.63, 3.8) is 0 Å². The van der Waals surface area contributed by atoms with Crippen LogP contribution >= 0.6 is 0 Å². The number of rotatable bonds is 4. The Bertz CT molecular complexity index is 331. The first-order valence-electron chi connectivity index (χ1n) is 4.35. The summed E-state index contributed by atoms with van der Waals surface area (Å²) < 4.78 is 10.1. The Hall–Kier alpha value is -1.35. The van der Waals surface area contributed by atoms with E-state index in [1.54, 1.807) is 20.3 Å². The van der Waals surface area contributed by atoms with Crippen molar-refractivity contribution in [3.05, 3.63) is 29.3 Å². The van der Waals surface area contributed by atoms with Crippen LogP contribution in [0.3, 0.4) is 0 Å². The monoisotopic (exact) mass is 194 g/mol. The average Bonchev–Trinajstić information content (AvgIpc) is 2.17. The van der Waals surface area contributed by atoms with E-state index in [1.807, 2.05) is 12.1 Å². The molecule has 0 aliphatic heterocycles. The maximum atomic E-state index is 11.2. The van der Waals surface area contributed by atoms with E-state index in [2.05, 4.69) is 0 Å². The number of benzene rings is 1. The van der Waals surface area contributed by atoms with E-state index in [4.69, 9.17) is 9.47 Å². The van der Waals surface area contributed by atoms with Crippen LogP contribution in [0.15, 0.2) is 18.2 Å². The number of hydrogen-bond donors (Lipinski definition) is 0. The van der Waals surface area contributed by atoms with Gasteiger partial charge in [-0.25, -0.2) is 0 Å². The lowest BCUT2D eigenvalue weighted by Gasteiger charge is -2.06. The second-order valence-electron chi connectivity index (χ2n) is 3.06. The molecule has 1 rings (SSSR count). The quantitative estimate of drug-likeness (QED) is 0.688. The summed E-state index contributed by atoms with van der Waals surface area (Å²) in [6, 6.07) is 5.39. The normalized spacial score (nSPS) is 9.93. The molecule has 1 aromatic rings. The summed E-state index contributed by atoms with van der Waals surface area (Å²) in [5.41, 5.74) is 1.59. The summed E-state index contributed by atoms with van der Waals surface area (Å²) in [7, 11) is 3.20. The van der Waals surface area contributed by atoms with Crippen molar-refractivity contribution >= 4 is 5.78 Å². The lowest BCUT2D eigenvalue weighted by molar-refractivity contribution is 0.101. The Kier molecular flexibility index (Phi) is 3.65. The number of ether oxygens (including phenoxy) is 2. The molecule has 0 spiro atoms. The lowest BCUT2D eigenvalue weighted by Crippen LogP contribution is -1.97. The second-order valence-corrected chi connectivity index (χ2v) is 3.06. The Balaban J connectivity index is 3.06. The standard InChI is InChI=1S/C11H14O3/c1-8(12)10-4-9(7-13-2)5-11(6-10)14-3/h4-6H,7H2,1-3H3. The highest BCUT2D eigenvalue weighted by Crippen LogP contribution is 2.17. The van der Waals surface area contributed by atoms with E-state index < -0.39 is 0 Å². The fourth-order valence-corrected chi connectivity index (χ4v) is 1.23. The highest BCUT2D eigenvalue weighted by Gasteiger charge is 2.04. The molecule has 3 heteroatoms. The van der Waals surface area contributed by atoms with Crippen molar-refractivity contribution in [3.8, 4) is 5.75 Å². The van der Waals surface area contributed by atoms with Gasteiger partial charge < -0.3 is 9.47 Å². The van der Waals surface area contributed by atoms with Crippen molar-refractivity contribution in [2.24, 2.45) is 0 Å². The molecule has 0 aliphatic rings. The van der Waals surface area contributed by atoms with Crippen LogP contribution < -0.4 is 4.74 Å². The van der Waals surface area contributed by atoms with E-state index in [0.717, 1.165) is 5.56 Å². The average molecular weight is 194 g/mol. The Morgan fingerprint density at radius 3 is 2.50 bits per heavy atom. The summed E-state index contributed by atoms with van der Waals surface area (Å²) in [4.78, 5) is 11.2. The zero-order chi connectivity index (χ0) is 10.6. The first-order chi connectivity index (χ1) is 6.67. The summed E-state index contributed by atoms with van der Waals surface area (Å²) in [5.74, 6) is 0.714. The molecule has 0 aliphatic carbocycles.